The van der Waals surface area contributed by atoms with Crippen molar-refractivity contribution in [2.45, 2.75) is 6.92 Å². The van der Waals surface area contributed by atoms with Crippen molar-refractivity contribution in [2.24, 2.45) is 0 Å². The molecule has 2 aliphatic rings. The topological polar surface area (TPSA) is 60.9 Å². The smallest absolute Gasteiger partial charge is 0.259 e. The second-order valence-corrected chi connectivity index (χ2v) is 7.52. The first kappa shape index (κ1) is 19.8. The van der Waals surface area contributed by atoms with Crippen molar-refractivity contribution in [1.29, 1.82) is 0 Å². The molecule has 0 atom stereocenters. The molecule has 2 heterocycles. The molecule has 0 radical (unpaired) electrons. The summed E-state index contributed by atoms with van der Waals surface area (Å²) in [5.74, 6) is -1.07. The van der Waals surface area contributed by atoms with Crippen molar-refractivity contribution in [2.75, 3.05) is 32.7 Å². The van der Waals surface area contributed by atoms with Gasteiger partial charge in [-0.1, -0.05) is 30.8 Å². The molecule has 2 aromatic rings. The number of hydrogen-bond acceptors (Lipinski definition) is 3. The summed E-state index contributed by atoms with van der Waals surface area (Å²) in [5.41, 5.74) is 2.61. The molecule has 154 valence electrons. The highest BCUT2D eigenvalue weighted by atomic mass is 19.1. The highest BCUT2D eigenvalue weighted by Crippen LogP contribution is 2.31. The van der Waals surface area contributed by atoms with Gasteiger partial charge in [0.2, 0.25) is 5.91 Å². The van der Waals surface area contributed by atoms with E-state index < -0.39 is 5.82 Å². The average molecular weight is 407 g/mol. The lowest BCUT2D eigenvalue weighted by molar-refractivity contribution is -0.132. The first-order chi connectivity index (χ1) is 14.4. The van der Waals surface area contributed by atoms with Crippen LogP contribution in [0.5, 0.6) is 0 Å². The number of piperazine rings is 1. The summed E-state index contributed by atoms with van der Waals surface area (Å²) in [6.45, 7) is 6.96. The molecule has 2 aliphatic heterocycles. The van der Waals surface area contributed by atoms with Crippen molar-refractivity contribution in [3.63, 3.8) is 0 Å². The Morgan fingerprint density at radius 1 is 1.00 bits per heavy atom. The molecule has 2 aromatic carbocycles. The number of carbonyl (C=O) groups is 3. The molecule has 0 N–H and O–H groups in total. The molecule has 4 rings (SSSR count). The van der Waals surface area contributed by atoms with Gasteiger partial charge in [0.15, 0.2) is 0 Å². The van der Waals surface area contributed by atoms with Crippen molar-refractivity contribution >= 4 is 23.4 Å². The van der Waals surface area contributed by atoms with Gasteiger partial charge in [-0.3, -0.25) is 19.3 Å². The zero-order valence-electron chi connectivity index (χ0n) is 16.7. The number of halogens is 1. The van der Waals surface area contributed by atoms with E-state index in [2.05, 4.69) is 6.58 Å². The Balaban J connectivity index is 1.36. The Labute approximate surface area is 174 Å². The lowest BCUT2D eigenvalue weighted by Crippen LogP contribution is -2.52. The number of amides is 3. The van der Waals surface area contributed by atoms with Crippen LogP contribution in [0.25, 0.3) is 5.70 Å². The highest BCUT2D eigenvalue weighted by molar-refractivity contribution is 6.10. The van der Waals surface area contributed by atoms with Gasteiger partial charge in [-0.05, 0) is 30.7 Å². The van der Waals surface area contributed by atoms with E-state index in [1.54, 1.807) is 41.0 Å². The maximum Gasteiger partial charge on any atom is 0.259 e. The maximum absolute atomic E-state index is 13.8. The average Bonchev–Trinajstić information content (AvgIpc) is 3.00. The number of hydrogen-bond donors (Lipinski definition) is 0. The molecule has 6 nitrogen and oxygen atoms in total. The van der Waals surface area contributed by atoms with Crippen molar-refractivity contribution < 1.29 is 18.8 Å². The summed E-state index contributed by atoms with van der Waals surface area (Å²) < 4.78 is 13.8. The van der Waals surface area contributed by atoms with Crippen molar-refractivity contribution in [3.05, 3.63) is 77.1 Å². The van der Waals surface area contributed by atoms with E-state index in [9.17, 15) is 18.8 Å². The molecular weight excluding hydrogens is 385 g/mol. The fourth-order valence-electron chi connectivity index (χ4n) is 3.80. The van der Waals surface area contributed by atoms with Crippen molar-refractivity contribution in [3.8, 4) is 0 Å². The van der Waals surface area contributed by atoms with E-state index in [0.29, 0.717) is 48.6 Å². The van der Waals surface area contributed by atoms with E-state index in [4.69, 9.17) is 0 Å². The van der Waals surface area contributed by atoms with Crippen LogP contribution in [0.4, 0.5) is 4.39 Å². The quantitative estimate of drug-likeness (QED) is 0.786. The molecule has 0 unspecified atom stereocenters. The molecule has 0 aliphatic carbocycles. The van der Waals surface area contributed by atoms with E-state index in [-0.39, 0.29) is 24.3 Å². The van der Waals surface area contributed by atoms with Crippen LogP contribution >= 0.6 is 0 Å². The van der Waals surface area contributed by atoms with Gasteiger partial charge in [0.1, 0.15) is 12.4 Å². The van der Waals surface area contributed by atoms with E-state index in [1.165, 1.54) is 11.0 Å². The maximum atomic E-state index is 13.8. The molecule has 0 spiro atoms. The summed E-state index contributed by atoms with van der Waals surface area (Å²) in [6, 6.07) is 11.6. The molecule has 1 fully saturated rings. The van der Waals surface area contributed by atoms with Gasteiger partial charge in [-0.15, -0.1) is 0 Å². The summed E-state index contributed by atoms with van der Waals surface area (Å²) in [4.78, 5) is 42.6. The number of aryl methyl sites for hydroxylation is 1. The molecule has 7 heteroatoms. The van der Waals surface area contributed by atoms with Crippen LogP contribution in [-0.4, -0.2) is 65.1 Å². The zero-order valence-corrected chi connectivity index (χ0v) is 16.7. The van der Waals surface area contributed by atoms with Crippen LogP contribution < -0.4 is 0 Å². The molecule has 30 heavy (non-hydrogen) atoms. The standard InChI is InChI=1S/C23H22FN3O3/c1-15-7-8-17(13-20(15)24)22(29)26-11-9-25(10-12-26)21(28)14-27-16(2)18-5-3-4-6-19(18)23(27)30/h3-8,13H,2,9-12,14H2,1H3. The summed E-state index contributed by atoms with van der Waals surface area (Å²) in [7, 11) is 0. The third-order valence-corrected chi connectivity index (χ3v) is 5.67. The molecular formula is C23H22FN3O3. The molecule has 0 bridgehead atoms. The summed E-state index contributed by atoms with van der Waals surface area (Å²) in [6.07, 6.45) is 0. The lowest BCUT2D eigenvalue weighted by atomic mass is 10.1. The van der Waals surface area contributed by atoms with Gasteiger partial charge in [-0.25, -0.2) is 4.39 Å². The van der Waals surface area contributed by atoms with Crippen LogP contribution in [-0.2, 0) is 4.79 Å². The summed E-state index contributed by atoms with van der Waals surface area (Å²) >= 11 is 0. The highest BCUT2D eigenvalue weighted by Gasteiger charge is 2.34. The third kappa shape index (κ3) is 3.47. The monoisotopic (exact) mass is 407 g/mol. The second kappa shape index (κ2) is 7.74. The Hall–Kier alpha value is -3.48. The van der Waals surface area contributed by atoms with E-state index >= 15 is 0 Å². The number of fused-ring (bicyclic) bond motifs is 1. The van der Waals surface area contributed by atoms with Gasteiger partial charge >= 0.3 is 0 Å². The number of benzene rings is 2. The number of nitrogens with zero attached hydrogens (tertiary/aromatic N) is 3. The minimum Gasteiger partial charge on any atom is -0.338 e. The minimum absolute atomic E-state index is 0.0799. The fraction of sp³-hybridized carbons (Fsp3) is 0.261. The zero-order chi connectivity index (χ0) is 21.4. The molecule has 0 aromatic heterocycles. The van der Waals surface area contributed by atoms with Crippen molar-refractivity contribution in [1.82, 2.24) is 14.7 Å². The molecule has 3 amide bonds. The summed E-state index contributed by atoms with van der Waals surface area (Å²) in [5, 5.41) is 0. The normalized spacial score (nSPS) is 16.1. The second-order valence-electron chi connectivity index (χ2n) is 7.52. The van der Waals surface area contributed by atoms with Gasteiger partial charge in [-0.2, -0.15) is 0 Å². The predicted octanol–water partition coefficient (Wildman–Crippen LogP) is 2.55. The van der Waals surface area contributed by atoms with Crippen LogP contribution in [0.2, 0.25) is 0 Å². The number of carbonyl (C=O) groups excluding carboxylic acids is 3. The largest absolute Gasteiger partial charge is 0.338 e. The third-order valence-electron chi connectivity index (χ3n) is 5.67. The van der Waals surface area contributed by atoms with Crippen LogP contribution in [0.15, 0.2) is 49.0 Å². The van der Waals surface area contributed by atoms with Gasteiger partial charge in [0, 0.05) is 48.6 Å². The first-order valence-corrected chi connectivity index (χ1v) is 9.80. The Morgan fingerprint density at radius 3 is 2.27 bits per heavy atom. The lowest BCUT2D eigenvalue weighted by Gasteiger charge is -2.35. The first-order valence-electron chi connectivity index (χ1n) is 9.80. The van der Waals surface area contributed by atoms with E-state index in [0.717, 1.165) is 5.56 Å². The van der Waals surface area contributed by atoms with Crippen LogP contribution in [0.1, 0.15) is 31.8 Å². The Bertz CT molecular complexity index is 1020. The van der Waals surface area contributed by atoms with E-state index in [1.807, 2.05) is 12.1 Å². The predicted molar refractivity (Wildman–Crippen MR) is 110 cm³/mol. The van der Waals surface area contributed by atoms with Gasteiger partial charge in [0.05, 0.1) is 0 Å². The Kier molecular flexibility index (Phi) is 5.11. The fourth-order valence-corrected chi connectivity index (χ4v) is 3.80. The molecule has 1 saturated heterocycles. The minimum atomic E-state index is -0.411. The number of rotatable bonds is 3. The Morgan fingerprint density at radius 2 is 1.63 bits per heavy atom. The molecule has 0 saturated carbocycles. The van der Waals surface area contributed by atoms with Crippen LogP contribution in [0.3, 0.4) is 0 Å². The SMILES string of the molecule is C=C1c2ccccc2C(=O)N1CC(=O)N1CCN(C(=O)c2ccc(C)c(F)c2)CC1. The van der Waals surface area contributed by atoms with Gasteiger partial charge in [0.25, 0.3) is 11.8 Å². The van der Waals surface area contributed by atoms with Gasteiger partial charge < -0.3 is 9.80 Å². The van der Waals surface area contributed by atoms with Crippen LogP contribution in [0, 0.1) is 12.7 Å².